The fourth-order valence-electron chi connectivity index (χ4n) is 4.07. The van der Waals surface area contributed by atoms with Crippen molar-refractivity contribution < 1.29 is 18.0 Å². The third-order valence-electron chi connectivity index (χ3n) is 5.89. The van der Waals surface area contributed by atoms with Crippen LogP contribution in [-0.4, -0.2) is 49.5 Å². The van der Waals surface area contributed by atoms with Gasteiger partial charge in [-0.05, 0) is 62.2 Å². The summed E-state index contributed by atoms with van der Waals surface area (Å²) in [5.41, 5.74) is 1.13. The monoisotopic (exact) mass is 667 g/mol. The molecule has 0 saturated heterocycles. The minimum Gasteiger partial charge on any atom is -0.350 e. The zero-order valence-corrected chi connectivity index (χ0v) is 26.6. The van der Waals surface area contributed by atoms with Crippen LogP contribution in [0.4, 0.5) is 5.69 Å². The molecule has 2 amide bonds. The summed E-state index contributed by atoms with van der Waals surface area (Å²) in [7, 11) is -3.96. The molecule has 0 spiro atoms. The quantitative estimate of drug-likeness (QED) is 0.284. The van der Waals surface area contributed by atoms with E-state index in [1.807, 2.05) is 75.4 Å². The summed E-state index contributed by atoms with van der Waals surface area (Å²) in [5, 5.41) is 3.37. The van der Waals surface area contributed by atoms with E-state index in [0.717, 1.165) is 26.2 Å². The summed E-state index contributed by atoms with van der Waals surface area (Å²) in [4.78, 5) is 29.2. The molecule has 214 valence electrons. The molecule has 0 heterocycles. The van der Waals surface area contributed by atoms with Crippen molar-refractivity contribution in [3.63, 3.8) is 0 Å². The first-order chi connectivity index (χ1) is 18.6. The summed E-state index contributed by atoms with van der Waals surface area (Å²) in [6, 6.07) is 20.2. The molecule has 7 nitrogen and oxygen atoms in total. The fourth-order valence-corrected chi connectivity index (χ4v) is 5.62. The van der Waals surface area contributed by atoms with Crippen LogP contribution in [0.2, 0.25) is 10.0 Å². The van der Waals surface area contributed by atoms with Crippen molar-refractivity contribution in [2.75, 3.05) is 17.1 Å². The second kappa shape index (κ2) is 13.4. The van der Waals surface area contributed by atoms with Crippen LogP contribution >= 0.6 is 39.1 Å². The van der Waals surface area contributed by atoms with E-state index in [4.69, 9.17) is 23.2 Å². The van der Waals surface area contributed by atoms with Crippen molar-refractivity contribution in [2.45, 2.75) is 45.3 Å². The van der Waals surface area contributed by atoms with E-state index in [1.165, 1.54) is 23.1 Å². The minimum absolute atomic E-state index is 0.0715. The van der Waals surface area contributed by atoms with Crippen LogP contribution in [0.15, 0.2) is 77.3 Å². The van der Waals surface area contributed by atoms with Crippen LogP contribution in [0, 0.1) is 0 Å². The molecule has 40 heavy (non-hydrogen) atoms. The van der Waals surface area contributed by atoms with Gasteiger partial charge in [0.1, 0.15) is 12.6 Å². The molecule has 0 aliphatic rings. The van der Waals surface area contributed by atoms with Crippen LogP contribution < -0.4 is 9.62 Å². The van der Waals surface area contributed by atoms with E-state index in [-0.39, 0.29) is 34.6 Å². The molecule has 0 bridgehead atoms. The average molecular weight is 669 g/mol. The lowest BCUT2D eigenvalue weighted by Gasteiger charge is -2.35. The molecule has 1 unspecified atom stereocenters. The highest BCUT2D eigenvalue weighted by atomic mass is 79.9. The van der Waals surface area contributed by atoms with Gasteiger partial charge in [-0.3, -0.25) is 13.9 Å². The number of carbonyl (C=O) groups excluding carboxylic acids is 2. The molecule has 1 N–H and O–H groups in total. The highest BCUT2D eigenvalue weighted by molar-refractivity contribution is 9.10. The predicted octanol–water partition coefficient (Wildman–Crippen LogP) is 6.08. The SMILES string of the molecule is CC(C)(C)NC(=O)C(Cc1ccccc1)N(Cc1ccc(Br)cc1)C(=O)CN(c1cc(Cl)ccc1Cl)S(C)(=O)=O. The number of carbonyl (C=O) groups is 2. The van der Waals surface area contributed by atoms with Crippen molar-refractivity contribution in [3.8, 4) is 0 Å². The lowest BCUT2D eigenvalue weighted by atomic mass is 10.0. The molecule has 3 aromatic carbocycles. The standard InChI is InChI=1S/C29H32BrCl2N3O4S/c1-29(2,3)33-28(37)26(16-20-8-6-5-7-9-20)34(18-21-10-12-22(30)13-11-21)27(36)19-35(40(4,38)39)25-17-23(31)14-15-24(25)32/h5-15,17,26H,16,18-19H2,1-4H3,(H,33,37). The second-order valence-corrected chi connectivity index (χ2v) is 14.1. The van der Waals surface area contributed by atoms with Gasteiger partial charge >= 0.3 is 0 Å². The number of sulfonamides is 1. The Labute approximate surface area is 254 Å². The van der Waals surface area contributed by atoms with Crippen LogP contribution in [-0.2, 0) is 32.6 Å². The zero-order chi connectivity index (χ0) is 29.7. The predicted molar refractivity (Wildman–Crippen MR) is 165 cm³/mol. The topological polar surface area (TPSA) is 86.8 Å². The first-order valence-corrected chi connectivity index (χ1v) is 15.9. The minimum atomic E-state index is -3.96. The molecule has 3 rings (SSSR count). The Morgan fingerprint density at radius 3 is 2.15 bits per heavy atom. The van der Waals surface area contributed by atoms with Crippen LogP contribution in [0.5, 0.6) is 0 Å². The molecule has 1 atom stereocenters. The molecular formula is C29H32BrCl2N3O4S. The number of rotatable bonds is 10. The van der Waals surface area contributed by atoms with Crippen LogP contribution in [0.3, 0.4) is 0 Å². The first kappa shape index (κ1) is 31.9. The number of amides is 2. The normalized spacial score (nSPS) is 12.5. The van der Waals surface area contributed by atoms with Gasteiger partial charge in [-0.2, -0.15) is 0 Å². The molecule has 0 aliphatic heterocycles. The van der Waals surface area contributed by atoms with E-state index in [0.29, 0.717) is 0 Å². The molecule has 0 saturated carbocycles. The molecule has 0 aromatic heterocycles. The number of halogens is 3. The van der Waals surface area contributed by atoms with E-state index in [9.17, 15) is 18.0 Å². The van der Waals surface area contributed by atoms with Crippen molar-refractivity contribution in [3.05, 3.63) is 98.4 Å². The molecule has 3 aromatic rings. The summed E-state index contributed by atoms with van der Waals surface area (Å²) in [5.74, 6) is -0.928. The second-order valence-electron chi connectivity index (χ2n) is 10.5. The summed E-state index contributed by atoms with van der Waals surface area (Å²) in [6.07, 6.45) is 1.21. The Balaban J connectivity index is 2.09. The molecule has 11 heteroatoms. The molecule has 0 radical (unpaired) electrons. The molecule has 0 fully saturated rings. The van der Waals surface area contributed by atoms with Crippen molar-refractivity contribution in [1.29, 1.82) is 0 Å². The van der Waals surface area contributed by atoms with Gasteiger partial charge in [0.15, 0.2) is 0 Å². The Bertz CT molecular complexity index is 1450. The van der Waals surface area contributed by atoms with Crippen LogP contribution in [0.1, 0.15) is 31.9 Å². The Hall–Kier alpha value is -2.59. The van der Waals surface area contributed by atoms with E-state index >= 15 is 0 Å². The number of hydrogen-bond acceptors (Lipinski definition) is 4. The van der Waals surface area contributed by atoms with Gasteiger partial charge in [0.25, 0.3) is 0 Å². The average Bonchev–Trinajstić information content (AvgIpc) is 2.86. The maximum Gasteiger partial charge on any atom is 0.244 e. The highest BCUT2D eigenvalue weighted by Crippen LogP contribution is 2.31. The number of nitrogens with zero attached hydrogens (tertiary/aromatic N) is 2. The van der Waals surface area contributed by atoms with Gasteiger partial charge < -0.3 is 10.2 Å². The van der Waals surface area contributed by atoms with Gasteiger partial charge in [0, 0.05) is 28.0 Å². The zero-order valence-electron chi connectivity index (χ0n) is 22.7. The maximum absolute atomic E-state index is 14.1. The smallest absolute Gasteiger partial charge is 0.244 e. The maximum atomic E-state index is 14.1. The van der Waals surface area contributed by atoms with E-state index in [1.54, 1.807) is 0 Å². The number of nitrogens with one attached hydrogen (secondary N) is 1. The van der Waals surface area contributed by atoms with E-state index in [2.05, 4.69) is 21.2 Å². The van der Waals surface area contributed by atoms with Crippen molar-refractivity contribution >= 4 is 66.7 Å². The molecule has 0 aliphatic carbocycles. The fraction of sp³-hybridized carbons (Fsp3) is 0.310. The van der Waals surface area contributed by atoms with Gasteiger partial charge in [-0.25, -0.2) is 8.42 Å². The summed E-state index contributed by atoms with van der Waals surface area (Å²) < 4.78 is 27.6. The van der Waals surface area contributed by atoms with Crippen molar-refractivity contribution in [2.24, 2.45) is 0 Å². The van der Waals surface area contributed by atoms with Crippen LogP contribution in [0.25, 0.3) is 0 Å². The third kappa shape index (κ3) is 9.23. The van der Waals surface area contributed by atoms with Gasteiger partial charge in [-0.15, -0.1) is 0 Å². The van der Waals surface area contributed by atoms with Crippen molar-refractivity contribution in [1.82, 2.24) is 10.2 Å². The van der Waals surface area contributed by atoms with Gasteiger partial charge in [0.05, 0.1) is 17.0 Å². The summed E-state index contributed by atoms with van der Waals surface area (Å²) in [6.45, 7) is 5.07. The molecular weight excluding hydrogens is 637 g/mol. The largest absolute Gasteiger partial charge is 0.350 e. The third-order valence-corrected chi connectivity index (χ3v) is 8.10. The number of anilines is 1. The number of hydrogen-bond donors (Lipinski definition) is 1. The lowest BCUT2D eigenvalue weighted by molar-refractivity contribution is -0.140. The lowest BCUT2D eigenvalue weighted by Crippen LogP contribution is -2.56. The number of benzene rings is 3. The summed E-state index contributed by atoms with van der Waals surface area (Å²) >= 11 is 15.9. The van der Waals surface area contributed by atoms with Gasteiger partial charge in [0.2, 0.25) is 21.8 Å². The van der Waals surface area contributed by atoms with E-state index < -0.39 is 34.1 Å². The Morgan fingerprint density at radius 1 is 0.950 bits per heavy atom. The highest BCUT2D eigenvalue weighted by Gasteiger charge is 2.34. The Morgan fingerprint density at radius 2 is 1.57 bits per heavy atom. The van der Waals surface area contributed by atoms with Gasteiger partial charge in [-0.1, -0.05) is 81.6 Å². The first-order valence-electron chi connectivity index (χ1n) is 12.5. The Kier molecular flexibility index (Phi) is 10.7.